The van der Waals surface area contributed by atoms with Crippen LogP contribution in [0.25, 0.3) is 5.57 Å². The van der Waals surface area contributed by atoms with Crippen LogP contribution in [0.1, 0.15) is 43.6 Å². The van der Waals surface area contributed by atoms with Crippen molar-refractivity contribution in [2.45, 2.75) is 39.2 Å². The number of hydrogen-bond acceptors (Lipinski definition) is 2. The molecule has 1 heterocycles. The Hall–Kier alpha value is -0.720. The first kappa shape index (κ1) is 12.7. The van der Waals surface area contributed by atoms with E-state index in [0.717, 1.165) is 27.8 Å². The van der Waals surface area contributed by atoms with Crippen LogP contribution in [-0.2, 0) is 5.60 Å². The molecule has 3 heteroatoms. The van der Waals surface area contributed by atoms with Crippen molar-refractivity contribution in [1.82, 2.24) is 4.98 Å². The minimum Gasteiger partial charge on any atom is -0.386 e. The number of aromatic nitrogens is 1. The number of hydrogen-bond donors (Lipinski definition) is 1. The van der Waals surface area contributed by atoms with Crippen LogP contribution >= 0.6 is 9.24 Å². The Bertz CT molecular complexity index is 470. The molecule has 1 atom stereocenters. The molecule has 1 N–H and O–H groups in total. The second-order valence-electron chi connectivity index (χ2n) is 5.41. The summed E-state index contributed by atoms with van der Waals surface area (Å²) in [6.07, 6.45) is 2.44. The van der Waals surface area contributed by atoms with E-state index in [1.54, 1.807) is 13.8 Å². The van der Waals surface area contributed by atoms with Crippen LogP contribution in [0.4, 0.5) is 0 Å². The highest BCUT2D eigenvalue weighted by Gasteiger charge is 2.28. The summed E-state index contributed by atoms with van der Waals surface area (Å²) in [6.45, 7) is 9.71. The highest BCUT2D eigenvalue weighted by atomic mass is 31.0. The predicted molar refractivity (Wildman–Crippen MR) is 75.3 cm³/mol. The van der Waals surface area contributed by atoms with Crippen molar-refractivity contribution in [2.75, 3.05) is 0 Å². The molecule has 17 heavy (non-hydrogen) atoms. The number of allylic oxidation sites excluding steroid dienone is 1. The van der Waals surface area contributed by atoms with E-state index in [4.69, 9.17) is 0 Å². The standard InChI is InChI=1S/C14H20NOP/c1-8(10-5-6-10)12-7-11(14(3,4)16)13(17)9(2)15-12/h7,10,16H,1,5-6,17H2,2-4H3. The van der Waals surface area contributed by atoms with Crippen molar-refractivity contribution >= 4 is 20.1 Å². The Balaban J connectivity index is 2.49. The van der Waals surface area contributed by atoms with Crippen molar-refractivity contribution in [1.29, 1.82) is 0 Å². The van der Waals surface area contributed by atoms with Gasteiger partial charge in [-0.1, -0.05) is 6.58 Å². The molecule has 1 aliphatic carbocycles. The average molecular weight is 249 g/mol. The van der Waals surface area contributed by atoms with Gasteiger partial charge in [-0.2, -0.15) is 0 Å². The smallest absolute Gasteiger partial charge is 0.0847 e. The fraction of sp³-hybridized carbons (Fsp3) is 0.500. The molecule has 1 aliphatic rings. The van der Waals surface area contributed by atoms with E-state index in [0.29, 0.717) is 5.92 Å². The van der Waals surface area contributed by atoms with Gasteiger partial charge in [0, 0.05) is 5.69 Å². The third-order valence-electron chi connectivity index (χ3n) is 3.31. The molecular formula is C14H20NOP. The van der Waals surface area contributed by atoms with Crippen LogP contribution in [0.5, 0.6) is 0 Å². The number of pyridine rings is 1. The van der Waals surface area contributed by atoms with Crippen LogP contribution in [-0.4, -0.2) is 10.1 Å². The first-order valence-corrected chi connectivity index (χ1v) is 6.57. The Kier molecular flexibility index (Phi) is 3.14. The van der Waals surface area contributed by atoms with E-state index >= 15 is 0 Å². The minimum atomic E-state index is -0.844. The molecular weight excluding hydrogens is 229 g/mol. The third kappa shape index (κ3) is 2.59. The molecule has 1 aromatic heterocycles. The highest BCUT2D eigenvalue weighted by Crippen LogP contribution is 2.40. The molecule has 0 radical (unpaired) electrons. The summed E-state index contributed by atoms with van der Waals surface area (Å²) in [6, 6.07) is 1.98. The molecule has 0 aliphatic heterocycles. The molecule has 0 amide bonds. The predicted octanol–water partition coefficient (Wildman–Crippen LogP) is 2.54. The number of rotatable bonds is 3. The molecule has 2 rings (SSSR count). The Morgan fingerprint density at radius 1 is 1.53 bits per heavy atom. The van der Waals surface area contributed by atoms with Gasteiger partial charge in [0.2, 0.25) is 0 Å². The summed E-state index contributed by atoms with van der Waals surface area (Å²) in [5.74, 6) is 0.604. The fourth-order valence-corrected chi connectivity index (χ4v) is 2.50. The van der Waals surface area contributed by atoms with Crippen LogP contribution in [0.2, 0.25) is 0 Å². The van der Waals surface area contributed by atoms with E-state index in [1.807, 2.05) is 13.0 Å². The van der Waals surface area contributed by atoms with Gasteiger partial charge in [0.25, 0.3) is 0 Å². The molecule has 0 bridgehead atoms. The van der Waals surface area contributed by atoms with Crippen LogP contribution in [0, 0.1) is 12.8 Å². The van der Waals surface area contributed by atoms with Gasteiger partial charge < -0.3 is 5.11 Å². The average Bonchev–Trinajstić information content (AvgIpc) is 3.02. The first-order valence-electron chi connectivity index (χ1n) is 6.00. The maximum atomic E-state index is 10.2. The summed E-state index contributed by atoms with van der Waals surface area (Å²) < 4.78 is 0. The summed E-state index contributed by atoms with van der Waals surface area (Å²) in [5.41, 5.74) is 3.08. The van der Waals surface area contributed by atoms with E-state index in [9.17, 15) is 5.11 Å². The molecule has 1 unspecified atom stereocenters. The lowest BCUT2D eigenvalue weighted by Gasteiger charge is -2.22. The normalized spacial score (nSPS) is 16.1. The number of aryl methyl sites for hydroxylation is 1. The number of aliphatic hydroxyl groups is 1. The summed E-state index contributed by atoms with van der Waals surface area (Å²) in [5, 5.41) is 11.2. The van der Waals surface area contributed by atoms with Crippen LogP contribution in [0.15, 0.2) is 12.6 Å². The van der Waals surface area contributed by atoms with Crippen molar-refractivity contribution in [3.8, 4) is 0 Å². The fourth-order valence-electron chi connectivity index (χ4n) is 1.99. The lowest BCUT2D eigenvalue weighted by Crippen LogP contribution is -2.25. The summed E-state index contributed by atoms with van der Waals surface area (Å²) >= 11 is 0. The third-order valence-corrected chi connectivity index (χ3v) is 4.04. The van der Waals surface area contributed by atoms with E-state index < -0.39 is 5.60 Å². The second kappa shape index (κ2) is 4.19. The lowest BCUT2D eigenvalue weighted by molar-refractivity contribution is 0.0796. The van der Waals surface area contributed by atoms with Gasteiger partial charge in [-0.3, -0.25) is 4.98 Å². The van der Waals surface area contributed by atoms with Gasteiger partial charge in [-0.25, -0.2) is 0 Å². The van der Waals surface area contributed by atoms with Crippen molar-refractivity contribution < 1.29 is 5.11 Å². The highest BCUT2D eigenvalue weighted by molar-refractivity contribution is 7.27. The molecule has 0 aromatic carbocycles. The monoisotopic (exact) mass is 249 g/mol. The van der Waals surface area contributed by atoms with Gasteiger partial charge in [0.15, 0.2) is 0 Å². The molecule has 1 aromatic rings. The van der Waals surface area contributed by atoms with Crippen LogP contribution < -0.4 is 5.30 Å². The number of nitrogens with zero attached hydrogens (tertiary/aromatic N) is 1. The minimum absolute atomic E-state index is 0.604. The lowest BCUT2D eigenvalue weighted by atomic mass is 9.95. The maximum absolute atomic E-state index is 10.2. The van der Waals surface area contributed by atoms with Crippen LogP contribution in [0.3, 0.4) is 0 Å². The molecule has 2 nitrogen and oxygen atoms in total. The maximum Gasteiger partial charge on any atom is 0.0847 e. The Morgan fingerprint density at radius 3 is 2.59 bits per heavy atom. The van der Waals surface area contributed by atoms with Crippen molar-refractivity contribution in [2.24, 2.45) is 5.92 Å². The van der Waals surface area contributed by atoms with Gasteiger partial charge in [-0.05, 0) is 62.0 Å². The largest absolute Gasteiger partial charge is 0.386 e. The van der Waals surface area contributed by atoms with Crippen molar-refractivity contribution in [3.05, 3.63) is 29.6 Å². The van der Waals surface area contributed by atoms with Gasteiger partial charge in [0.05, 0.1) is 11.3 Å². The zero-order valence-corrected chi connectivity index (χ0v) is 11.9. The molecule has 1 fully saturated rings. The molecule has 0 saturated heterocycles. The van der Waals surface area contributed by atoms with Crippen molar-refractivity contribution in [3.63, 3.8) is 0 Å². The van der Waals surface area contributed by atoms with Gasteiger partial charge in [-0.15, -0.1) is 9.24 Å². The van der Waals surface area contributed by atoms with E-state index in [-0.39, 0.29) is 0 Å². The summed E-state index contributed by atoms with van der Waals surface area (Å²) in [7, 11) is 2.67. The molecule has 0 spiro atoms. The Labute approximate surface area is 105 Å². The van der Waals surface area contributed by atoms with Gasteiger partial charge >= 0.3 is 0 Å². The Morgan fingerprint density at radius 2 is 2.12 bits per heavy atom. The first-order chi connectivity index (χ1) is 7.80. The zero-order chi connectivity index (χ0) is 12.8. The topological polar surface area (TPSA) is 33.1 Å². The molecule has 92 valence electrons. The summed E-state index contributed by atoms with van der Waals surface area (Å²) in [4.78, 5) is 4.58. The zero-order valence-electron chi connectivity index (χ0n) is 10.7. The van der Waals surface area contributed by atoms with Gasteiger partial charge in [0.1, 0.15) is 0 Å². The van der Waals surface area contributed by atoms with E-state index in [1.165, 1.54) is 12.8 Å². The van der Waals surface area contributed by atoms with E-state index in [2.05, 4.69) is 20.8 Å². The second-order valence-corrected chi connectivity index (χ2v) is 5.99. The quantitative estimate of drug-likeness (QED) is 0.835. The molecule has 1 saturated carbocycles. The SMILES string of the molecule is C=C(c1cc(C(C)(C)O)c(P)c(C)n1)C1CC1.